The summed E-state index contributed by atoms with van der Waals surface area (Å²) < 4.78 is 11.1. The number of hydrogen-bond donors (Lipinski definition) is 1. The Morgan fingerprint density at radius 2 is 1.89 bits per heavy atom. The lowest BCUT2D eigenvalue weighted by molar-refractivity contribution is -0.142. The summed E-state index contributed by atoms with van der Waals surface area (Å²) in [5.41, 5.74) is 4.16. The lowest BCUT2D eigenvalue weighted by atomic mass is 10.1. The predicted octanol–water partition coefficient (Wildman–Crippen LogP) is 4.14. The van der Waals surface area contributed by atoms with Gasteiger partial charge < -0.3 is 14.8 Å². The van der Waals surface area contributed by atoms with E-state index in [1.165, 1.54) is 18.4 Å². The molecule has 0 unspecified atom stereocenters. The lowest BCUT2D eigenvalue weighted by Gasteiger charge is -2.15. The second-order valence-electron chi connectivity index (χ2n) is 7.46. The molecule has 148 valence electrons. The number of rotatable bonds is 7. The van der Waals surface area contributed by atoms with Crippen molar-refractivity contribution >= 4 is 17.5 Å². The molecule has 6 heteroatoms. The molecule has 0 aliphatic heterocycles. The van der Waals surface area contributed by atoms with Crippen molar-refractivity contribution in [2.45, 2.75) is 64.4 Å². The van der Waals surface area contributed by atoms with E-state index in [4.69, 9.17) is 9.47 Å². The molecule has 0 radical (unpaired) electrons. The van der Waals surface area contributed by atoms with Crippen LogP contribution in [0.25, 0.3) is 0 Å². The van der Waals surface area contributed by atoms with Crippen molar-refractivity contribution in [3.63, 3.8) is 0 Å². The number of nitrogens with one attached hydrogen (secondary N) is 1. The summed E-state index contributed by atoms with van der Waals surface area (Å²) in [6.45, 7) is 2.22. The molecule has 2 aromatic rings. The Labute approximate surface area is 165 Å². The van der Waals surface area contributed by atoms with Crippen LogP contribution in [0.4, 0.5) is 11.5 Å². The molecule has 1 aromatic heterocycles. The van der Waals surface area contributed by atoms with Gasteiger partial charge in [-0.05, 0) is 69.6 Å². The monoisotopic (exact) mass is 381 g/mol. The van der Waals surface area contributed by atoms with Crippen LogP contribution in [0.5, 0.6) is 6.01 Å². The van der Waals surface area contributed by atoms with Crippen LogP contribution >= 0.6 is 0 Å². The van der Waals surface area contributed by atoms with Crippen LogP contribution in [-0.4, -0.2) is 28.6 Å². The Morgan fingerprint density at radius 3 is 2.64 bits per heavy atom. The highest BCUT2D eigenvalue weighted by molar-refractivity contribution is 5.73. The van der Waals surface area contributed by atoms with Gasteiger partial charge in [0.05, 0.1) is 18.7 Å². The van der Waals surface area contributed by atoms with Crippen LogP contribution in [0.3, 0.4) is 0 Å². The number of benzene rings is 1. The van der Waals surface area contributed by atoms with Crippen LogP contribution < -0.4 is 10.1 Å². The van der Waals surface area contributed by atoms with Crippen molar-refractivity contribution < 1.29 is 14.3 Å². The van der Waals surface area contributed by atoms with Gasteiger partial charge in [-0.2, -0.15) is 9.97 Å². The maximum Gasteiger partial charge on any atom is 0.318 e. The molecule has 2 aliphatic rings. The van der Waals surface area contributed by atoms with Gasteiger partial charge in [-0.3, -0.25) is 4.79 Å². The third kappa shape index (κ3) is 4.43. The van der Waals surface area contributed by atoms with Crippen LogP contribution in [0.1, 0.15) is 55.8 Å². The minimum absolute atomic E-state index is 0.203. The Balaban J connectivity index is 1.49. The van der Waals surface area contributed by atoms with E-state index in [0.29, 0.717) is 12.6 Å². The number of aryl methyl sites for hydroxylation is 1. The molecule has 1 N–H and O–H groups in total. The van der Waals surface area contributed by atoms with E-state index >= 15 is 0 Å². The molecule has 0 atom stereocenters. The number of hydrogen-bond acceptors (Lipinski definition) is 6. The van der Waals surface area contributed by atoms with Crippen molar-refractivity contribution in [2.24, 2.45) is 0 Å². The van der Waals surface area contributed by atoms with Crippen LogP contribution in [0, 0.1) is 0 Å². The van der Waals surface area contributed by atoms with Gasteiger partial charge in [0, 0.05) is 11.3 Å². The van der Waals surface area contributed by atoms with Crippen molar-refractivity contribution in [3.8, 4) is 6.01 Å². The van der Waals surface area contributed by atoms with Crippen LogP contribution in [0.15, 0.2) is 24.3 Å². The number of carbonyl (C=O) groups is 1. The van der Waals surface area contributed by atoms with Gasteiger partial charge in [0.2, 0.25) is 0 Å². The third-order valence-corrected chi connectivity index (χ3v) is 5.36. The zero-order valence-electron chi connectivity index (χ0n) is 16.4. The van der Waals surface area contributed by atoms with E-state index in [-0.39, 0.29) is 18.5 Å². The van der Waals surface area contributed by atoms with Crippen LogP contribution in [-0.2, 0) is 28.8 Å². The number of carbonyl (C=O) groups excluding carboxylic acids is 1. The summed E-state index contributed by atoms with van der Waals surface area (Å²) in [7, 11) is 0. The first-order chi connectivity index (χ1) is 13.7. The molecule has 1 fully saturated rings. The largest absolute Gasteiger partial charge is 0.466 e. The molecule has 2 aliphatic carbocycles. The smallest absolute Gasteiger partial charge is 0.318 e. The highest BCUT2D eigenvalue weighted by atomic mass is 16.5. The summed E-state index contributed by atoms with van der Waals surface area (Å²) in [4.78, 5) is 21.0. The van der Waals surface area contributed by atoms with Crippen molar-refractivity contribution in [2.75, 3.05) is 11.9 Å². The van der Waals surface area contributed by atoms with E-state index in [0.717, 1.165) is 54.9 Å². The van der Waals surface area contributed by atoms with E-state index in [1.807, 2.05) is 31.2 Å². The fourth-order valence-electron chi connectivity index (χ4n) is 3.94. The molecule has 4 rings (SSSR count). The highest BCUT2D eigenvalue weighted by Crippen LogP contribution is 2.31. The molecule has 6 nitrogen and oxygen atoms in total. The molecule has 0 bridgehead atoms. The Bertz CT molecular complexity index is 830. The maximum atomic E-state index is 11.6. The van der Waals surface area contributed by atoms with Gasteiger partial charge in [-0.15, -0.1) is 0 Å². The summed E-state index contributed by atoms with van der Waals surface area (Å²) in [5.74, 6) is 0.638. The minimum atomic E-state index is -0.203. The van der Waals surface area contributed by atoms with Crippen molar-refractivity contribution in [1.82, 2.24) is 9.97 Å². The number of aromatic nitrogens is 2. The van der Waals surface area contributed by atoms with Gasteiger partial charge in [0.1, 0.15) is 11.9 Å². The Hall–Kier alpha value is -2.63. The lowest BCUT2D eigenvalue weighted by Crippen LogP contribution is -2.14. The highest BCUT2D eigenvalue weighted by Gasteiger charge is 2.23. The van der Waals surface area contributed by atoms with Gasteiger partial charge in [-0.1, -0.05) is 12.1 Å². The van der Waals surface area contributed by atoms with Gasteiger partial charge >= 0.3 is 12.0 Å². The molecule has 0 spiro atoms. The zero-order valence-corrected chi connectivity index (χ0v) is 16.4. The van der Waals surface area contributed by atoms with Crippen molar-refractivity contribution in [3.05, 3.63) is 41.1 Å². The number of ether oxygens (including phenoxy) is 2. The molecule has 0 amide bonds. The van der Waals surface area contributed by atoms with Gasteiger partial charge in [0.25, 0.3) is 0 Å². The fourth-order valence-corrected chi connectivity index (χ4v) is 3.94. The average Bonchev–Trinajstić information content (AvgIpc) is 3.35. The Kier molecular flexibility index (Phi) is 5.74. The normalized spacial score (nSPS) is 16.0. The quantitative estimate of drug-likeness (QED) is 0.727. The van der Waals surface area contributed by atoms with Crippen LogP contribution in [0.2, 0.25) is 0 Å². The van der Waals surface area contributed by atoms with Gasteiger partial charge in [0.15, 0.2) is 0 Å². The summed E-state index contributed by atoms with van der Waals surface area (Å²) in [5, 5.41) is 3.43. The second-order valence-corrected chi connectivity index (χ2v) is 7.46. The molecule has 0 saturated heterocycles. The maximum absolute atomic E-state index is 11.6. The molecular formula is C22H27N3O3. The molecule has 28 heavy (non-hydrogen) atoms. The standard InChI is InChI=1S/C22H27N3O3/c1-2-27-20(26)14-15-10-12-16(13-11-15)23-21-18-8-5-9-19(18)24-22(25-21)28-17-6-3-4-7-17/h10-13,17H,2-9,14H2,1H3,(H,23,24,25). The SMILES string of the molecule is CCOC(=O)Cc1ccc(Nc2nc(OC3CCCC3)nc3c2CCC3)cc1. The van der Waals surface area contributed by atoms with E-state index in [2.05, 4.69) is 15.3 Å². The second kappa shape index (κ2) is 8.59. The fraction of sp³-hybridized carbons (Fsp3) is 0.500. The first-order valence-corrected chi connectivity index (χ1v) is 10.3. The zero-order chi connectivity index (χ0) is 19.3. The van der Waals surface area contributed by atoms with E-state index < -0.39 is 0 Å². The summed E-state index contributed by atoms with van der Waals surface area (Å²) >= 11 is 0. The van der Waals surface area contributed by atoms with E-state index in [1.54, 1.807) is 0 Å². The Morgan fingerprint density at radius 1 is 1.11 bits per heavy atom. The van der Waals surface area contributed by atoms with E-state index in [9.17, 15) is 4.79 Å². The topological polar surface area (TPSA) is 73.3 Å². The number of nitrogens with zero attached hydrogens (tertiary/aromatic N) is 2. The predicted molar refractivity (Wildman–Crippen MR) is 107 cm³/mol. The van der Waals surface area contributed by atoms with Crippen molar-refractivity contribution in [1.29, 1.82) is 0 Å². The minimum Gasteiger partial charge on any atom is -0.466 e. The molecule has 1 aromatic carbocycles. The number of anilines is 2. The molecule has 1 heterocycles. The first kappa shape index (κ1) is 18.7. The average molecular weight is 381 g/mol. The molecule has 1 saturated carbocycles. The number of fused-ring (bicyclic) bond motifs is 1. The first-order valence-electron chi connectivity index (χ1n) is 10.3. The molecular weight excluding hydrogens is 354 g/mol. The third-order valence-electron chi connectivity index (χ3n) is 5.36. The van der Waals surface area contributed by atoms with Gasteiger partial charge in [-0.25, -0.2) is 0 Å². The summed E-state index contributed by atoms with van der Waals surface area (Å²) in [6, 6.07) is 8.31. The summed E-state index contributed by atoms with van der Waals surface area (Å²) in [6.07, 6.45) is 8.22. The number of esters is 1.